The summed E-state index contributed by atoms with van der Waals surface area (Å²) in [6.45, 7) is 2.18. The van der Waals surface area contributed by atoms with Gasteiger partial charge in [0, 0.05) is 6.07 Å². The number of nitrogens with one attached hydrogen (secondary N) is 1. The molecule has 0 atom stereocenters. The van der Waals surface area contributed by atoms with Crippen LogP contribution < -0.4 is 5.56 Å². The number of unbranched alkanes of at least 4 members (excludes halogenated alkanes) is 3. The molecule has 0 saturated carbocycles. The number of hydrogen-bond acceptors (Lipinski definition) is 3. The molecule has 0 amide bonds. The molecule has 1 N–H and O–H groups in total. The molecule has 2 aromatic heterocycles. The van der Waals surface area contributed by atoms with Crippen LogP contribution in [0.3, 0.4) is 0 Å². The van der Waals surface area contributed by atoms with Gasteiger partial charge < -0.3 is 0 Å². The summed E-state index contributed by atoms with van der Waals surface area (Å²) in [6, 6.07) is 1.58. The Kier molecular flexibility index (Phi) is 3.34. The van der Waals surface area contributed by atoms with Crippen molar-refractivity contribution < 1.29 is 0 Å². The van der Waals surface area contributed by atoms with Crippen molar-refractivity contribution in [3.63, 3.8) is 0 Å². The van der Waals surface area contributed by atoms with E-state index in [2.05, 4.69) is 22.0 Å². The molecule has 5 heteroatoms. The van der Waals surface area contributed by atoms with Crippen molar-refractivity contribution in [2.45, 2.75) is 39.0 Å². The molecule has 0 aliphatic rings. The fourth-order valence-corrected chi connectivity index (χ4v) is 1.73. The van der Waals surface area contributed by atoms with Crippen LogP contribution in [0.5, 0.6) is 0 Å². The summed E-state index contributed by atoms with van der Waals surface area (Å²) in [5.41, 5.74) is 0.751. The van der Waals surface area contributed by atoms with Crippen LogP contribution >= 0.6 is 0 Å². The lowest BCUT2D eigenvalue weighted by molar-refractivity contribution is 0.659. The summed E-state index contributed by atoms with van der Waals surface area (Å²) in [5.74, 6) is 0.456. The highest BCUT2D eigenvalue weighted by Crippen LogP contribution is 2.04. The molecule has 2 rings (SSSR count). The van der Waals surface area contributed by atoms with Gasteiger partial charge in [0.25, 0.3) is 11.3 Å². The first kappa shape index (κ1) is 10.9. The Morgan fingerprint density at radius 3 is 3.06 bits per heavy atom. The molecule has 2 aromatic rings. The molecule has 16 heavy (non-hydrogen) atoms. The van der Waals surface area contributed by atoms with Gasteiger partial charge in [-0.15, -0.1) is 0 Å². The summed E-state index contributed by atoms with van der Waals surface area (Å²) in [4.78, 5) is 19.9. The fourth-order valence-electron chi connectivity index (χ4n) is 1.73. The fraction of sp³-hybridized carbons (Fsp3) is 0.545. The molecule has 0 unspecified atom stereocenters. The molecular formula is C11H16N4O. The van der Waals surface area contributed by atoms with E-state index in [1.807, 2.05) is 0 Å². The lowest BCUT2D eigenvalue weighted by atomic mass is 10.1. The highest BCUT2D eigenvalue weighted by atomic mass is 16.1. The zero-order valence-electron chi connectivity index (χ0n) is 9.44. The molecule has 0 saturated heterocycles. The van der Waals surface area contributed by atoms with Crippen molar-refractivity contribution in [2.75, 3.05) is 0 Å². The average molecular weight is 220 g/mol. The topological polar surface area (TPSA) is 63.0 Å². The van der Waals surface area contributed by atoms with Gasteiger partial charge in [-0.05, 0) is 12.8 Å². The Balaban J connectivity index is 2.10. The van der Waals surface area contributed by atoms with E-state index < -0.39 is 0 Å². The summed E-state index contributed by atoms with van der Waals surface area (Å²) < 4.78 is 1.34. The Labute approximate surface area is 93.5 Å². The molecule has 2 heterocycles. The second-order valence-electron chi connectivity index (χ2n) is 3.92. The lowest BCUT2D eigenvalue weighted by Gasteiger charge is -2.00. The van der Waals surface area contributed by atoms with E-state index >= 15 is 0 Å². The minimum absolute atomic E-state index is 0.0898. The zero-order chi connectivity index (χ0) is 11.4. The van der Waals surface area contributed by atoms with Crippen molar-refractivity contribution in [3.05, 3.63) is 28.4 Å². The van der Waals surface area contributed by atoms with Crippen LogP contribution in [0.2, 0.25) is 0 Å². The molecule has 0 bridgehead atoms. The van der Waals surface area contributed by atoms with E-state index in [9.17, 15) is 4.79 Å². The first-order valence-electron chi connectivity index (χ1n) is 5.73. The number of rotatable bonds is 5. The lowest BCUT2D eigenvalue weighted by Crippen LogP contribution is -2.15. The van der Waals surface area contributed by atoms with E-state index in [-0.39, 0.29) is 5.56 Å². The average Bonchev–Trinajstić information content (AvgIpc) is 2.73. The van der Waals surface area contributed by atoms with Crippen LogP contribution in [0.25, 0.3) is 5.78 Å². The maximum absolute atomic E-state index is 11.6. The molecule has 5 nitrogen and oxygen atoms in total. The number of aryl methyl sites for hydroxylation is 1. The van der Waals surface area contributed by atoms with Crippen molar-refractivity contribution in [3.8, 4) is 0 Å². The van der Waals surface area contributed by atoms with Crippen molar-refractivity contribution in [1.82, 2.24) is 19.6 Å². The van der Waals surface area contributed by atoms with Crippen LogP contribution in [0.15, 0.2) is 17.2 Å². The summed E-state index contributed by atoms with van der Waals surface area (Å²) in [7, 11) is 0. The standard InChI is InChI=1S/C11H16N4O/c1-2-3-4-5-6-9-7-10(16)15-11(14-9)12-8-13-15/h7-8H,2-6H2,1H3,(H,12,13,14). The molecule has 0 aliphatic carbocycles. The van der Waals surface area contributed by atoms with Crippen LogP contribution in [0.1, 0.15) is 38.3 Å². The second-order valence-corrected chi connectivity index (χ2v) is 3.92. The van der Waals surface area contributed by atoms with Gasteiger partial charge in [0.2, 0.25) is 0 Å². The summed E-state index contributed by atoms with van der Waals surface area (Å²) >= 11 is 0. The second kappa shape index (κ2) is 4.92. The van der Waals surface area contributed by atoms with Gasteiger partial charge >= 0.3 is 0 Å². The van der Waals surface area contributed by atoms with Gasteiger partial charge in [0.15, 0.2) is 0 Å². The minimum Gasteiger partial charge on any atom is -0.278 e. The van der Waals surface area contributed by atoms with Crippen molar-refractivity contribution >= 4 is 5.78 Å². The van der Waals surface area contributed by atoms with Gasteiger partial charge in [-0.25, -0.2) is 9.97 Å². The monoisotopic (exact) mass is 220 g/mol. The maximum Gasteiger partial charge on any atom is 0.274 e. The normalized spacial score (nSPS) is 11.1. The van der Waals surface area contributed by atoms with Gasteiger partial charge in [-0.1, -0.05) is 26.2 Å². The number of aromatic amines is 1. The number of hydrogen-bond donors (Lipinski definition) is 1. The number of H-pyrrole nitrogens is 1. The molecule has 86 valence electrons. The third-order valence-electron chi connectivity index (χ3n) is 2.61. The molecule has 0 aliphatic heterocycles. The first-order chi connectivity index (χ1) is 7.81. The Bertz CT molecular complexity index is 514. The van der Waals surface area contributed by atoms with E-state index in [1.165, 1.54) is 30.1 Å². The van der Waals surface area contributed by atoms with Gasteiger partial charge in [0.05, 0.1) is 5.69 Å². The van der Waals surface area contributed by atoms with E-state index in [4.69, 9.17) is 0 Å². The Morgan fingerprint density at radius 1 is 1.38 bits per heavy atom. The largest absolute Gasteiger partial charge is 0.278 e. The number of nitrogens with zero attached hydrogens (tertiary/aromatic N) is 3. The first-order valence-corrected chi connectivity index (χ1v) is 5.73. The van der Waals surface area contributed by atoms with Crippen LogP contribution in [-0.2, 0) is 6.42 Å². The molecule has 0 fully saturated rings. The third kappa shape index (κ3) is 2.29. The zero-order valence-corrected chi connectivity index (χ0v) is 9.44. The number of aromatic nitrogens is 4. The summed E-state index contributed by atoms with van der Waals surface area (Å²) in [5, 5.41) is 2.72. The van der Waals surface area contributed by atoms with Gasteiger partial charge in [-0.3, -0.25) is 9.89 Å². The van der Waals surface area contributed by atoms with Gasteiger partial charge in [-0.2, -0.15) is 4.52 Å². The van der Waals surface area contributed by atoms with E-state index in [0.717, 1.165) is 18.5 Å². The van der Waals surface area contributed by atoms with E-state index in [0.29, 0.717) is 5.78 Å². The van der Waals surface area contributed by atoms with Crippen LogP contribution in [-0.4, -0.2) is 19.6 Å². The number of fused-ring (bicyclic) bond motifs is 1. The summed E-state index contributed by atoms with van der Waals surface area (Å²) in [6.07, 6.45) is 7.07. The van der Waals surface area contributed by atoms with Crippen molar-refractivity contribution in [2.24, 2.45) is 0 Å². The Morgan fingerprint density at radius 2 is 2.25 bits per heavy atom. The van der Waals surface area contributed by atoms with Gasteiger partial charge in [0.1, 0.15) is 6.33 Å². The highest BCUT2D eigenvalue weighted by Gasteiger charge is 2.03. The van der Waals surface area contributed by atoms with Crippen LogP contribution in [0.4, 0.5) is 0 Å². The van der Waals surface area contributed by atoms with Crippen molar-refractivity contribution in [1.29, 1.82) is 0 Å². The molecule has 0 spiro atoms. The predicted molar refractivity (Wildman–Crippen MR) is 61.5 cm³/mol. The maximum atomic E-state index is 11.6. The predicted octanol–water partition coefficient (Wildman–Crippen LogP) is 1.54. The highest BCUT2D eigenvalue weighted by molar-refractivity contribution is 5.25. The van der Waals surface area contributed by atoms with E-state index in [1.54, 1.807) is 6.07 Å². The smallest absolute Gasteiger partial charge is 0.274 e. The third-order valence-corrected chi connectivity index (χ3v) is 2.61. The quantitative estimate of drug-likeness (QED) is 0.777. The molecule has 0 aromatic carbocycles. The Hall–Kier alpha value is -1.65. The minimum atomic E-state index is -0.0898. The van der Waals surface area contributed by atoms with Crippen LogP contribution in [0, 0.1) is 0 Å². The SMILES string of the molecule is CCCCCCc1cc(=O)n2[nH]cnc2n1. The molecule has 0 radical (unpaired) electrons. The molecular weight excluding hydrogens is 204 g/mol.